The van der Waals surface area contributed by atoms with Gasteiger partial charge >= 0.3 is 0 Å². The number of ether oxygens (including phenoxy) is 1. The first kappa shape index (κ1) is 15.1. The average Bonchev–Trinajstić information content (AvgIpc) is 2.44. The number of halogens is 1. The van der Waals surface area contributed by atoms with E-state index in [-0.39, 0.29) is 0 Å². The van der Waals surface area contributed by atoms with Gasteiger partial charge in [0.1, 0.15) is 11.5 Å². The Bertz CT molecular complexity index is 585. The van der Waals surface area contributed by atoms with Crippen LogP contribution in [0.25, 0.3) is 0 Å². The number of rotatable bonds is 4. The van der Waals surface area contributed by atoms with Gasteiger partial charge < -0.3 is 9.84 Å². The van der Waals surface area contributed by atoms with Gasteiger partial charge in [-0.25, -0.2) is 0 Å². The van der Waals surface area contributed by atoms with Crippen LogP contribution in [-0.2, 0) is 0 Å². The van der Waals surface area contributed by atoms with Gasteiger partial charge in [-0.15, -0.1) is 0 Å². The van der Waals surface area contributed by atoms with E-state index in [2.05, 4.69) is 15.9 Å². The molecule has 0 radical (unpaired) electrons. The number of hydrogen-bond donors (Lipinski definition) is 1. The minimum atomic E-state index is -0.496. The summed E-state index contributed by atoms with van der Waals surface area (Å²) in [7, 11) is 0. The molecule has 2 rings (SSSR count). The smallest absolute Gasteiger partial charge is 0.133 e. The summed E-state index contributed by atoms with van der Waals surface area (Å²) in [5.74, 6) is 1.50. The third-order valence-corrected chi connectivity index (χ3v) is 4.55. The molecule has 0 fully saturated rings. The molecule has 0 aromatic heterocycles. The summed E-state index contributed by atoms with van der Waals surface area (Å²) >= 11 is 3.55. The second-order valence-corrected chi connectivity index (χ2v) is 5.73. The van der Waals surface area contributed by atoms with Crippen LogP contribution in [0.1, 0.15) is 36.1 Å². The van der Waals surface area contributed by atoms with Gasteiger partial charge in [0, 0.05) is 10.0 Å². The zero-order chi connectivity index (χ0) is 14.7. The predicted molar refractivity (Wildman–Crippen MR) is 85.4 cm³/mol. The summed E-state index contributed by atoms with van der Waals surface area (Å²) in [5, 5.41) is 10.1. The molecule has 0 amide bonds. The van der Waals surface area contributed by atoms with E-state index >= 15 is 0 Å². The highest BCUT2D eigenvalue weighted by Crippen LogP contribution is 2.33. The average molecular weight is 335 g/mol. The molecule has 3 heteroatoms. The van der Waals surface area contributed by atoms with Crippen LogP contribution in [0.15, 0.2) is 40.9 Å². The molecule has 106 valence electrons. The Balaban J connectivity index is 2.35. The normalized spacial score (nSPS) is 12.2. The summed E-state index contributed by atoms with van der Waals surface area (Å²) in [6.45, 7) is 6.03. The fourth-order valence-corrected chi connectivity index (χ4v) is 2.39. The molecule has 0 aliphatic heterocycles. The van der Waals surface area contributed by atoms with E-state index < -0.39 is 6.10 Å². The summed E-state index contributed by atoms with van der Waals surface area (Å²) in [6, 6.07) is 11.6. The molecule has 0 saturated carbocycles. The SMILES string of the molecule is CC[C@H](O)c1ccccc1Oc1cc(C)c(Br)c(C)c1. The van der Waals surface area contributed by atoms with Crippen LogP contribution in [0.5, 0.6) is 11.5 Å². The maximum Gasteiger partial charge on any atom is 0.133 e. The van der Waals surface area contributed by atoms with Gasteiger partial charge in [-0.1, -0.05) is 41.1 Å². The number of aliphatic hydroxyl groups is 1. The van der Waals surface area contributed by atoms with Gasteiger partial charge in [-0.05, 0) is 49.6 Å². The predicted octanol–water partition coefficient (Wildman–Crippen LogP) is 5.30. The van der Waals surface area contributed by atoms with Crippen molar-refractivity contribution >= 4 is 15.9 Å². The van der Waals surface area contributed by atoms with Gasteiger partial charge in [-0.3, -0.25) is 0 Å². The monoisotopic (exact) mass is 334 g/mol. The van der Waals surface area contributed by atoms with Gasteiger partial charge in [0.25, 0.3) is 0 Å². The second kappa shape index (κ2) is 6.42. The molecule has 0 bridgehead atoms. The fourth-order valence-electron chi connectivity index (χ4n) is 2.16. The molecule has 0 heterocycles. The molecule has 0 unspecified atom stereocenters. The van der Waals surface area contributed by atoms with Crippen molar-refractivity contribution in [1.29, 1.82) is 0 Å². The van der Waals surface area contributed by atoms with Gasteiger partial charge in [0.05, 0.1) is 6.10 Å². The van der Waals surface area contributed by atoms with Crippen LogP contribution >= 0.6 is 15.9 Å². The van der Waals surface area contributed by atoms with Crippen molar-refractivity contribution in [3.63, 3.8) is 0 Å². The number of benzene rings is 2. The lowest BCUT2D eigenvalue weighted by atomic mass is 10.1. The summed E-state index contributed by atoms with van der Waals surface area (Å²) in [6.07, 6.45) is 0.169. The molecule has 2 aromatic carbocycles. The Hall–Kier alpha value is -1.32. The fraction of sp³-hybridized carbons (Fsp3) is 0.294. The van der Waals surface area contributed by atoms with E-state index in [9.17, 15) is 5.11 Å². The Morgan fingerprint density at radius 3 is 2.35 bits per heavy atom. The molecule has 2 aromatic rings. The van der Waals surface area contributed by atoms with Crippen molar-refractivity contribution in [2.45, 2.75) is 33.3 Å². The largest absolute Gasteiger partial charge is 0.457 e. The van der Waals surface area contributed by atoms with Crippen molar-refractivity contribution < 1.29 is 9.84 Å². The highest BCUT2D eigenvalue weighted by atomic mass is 79.9. The standard InChI is InChI=1S/C17H19BrO2/c1-4-15(19)14-7-5-6-8-16(14)20-13-9-11(2)17(18)12(3)10-13/h5-10,15,19H,4H2,1-3H3/t15-/m0/s1. The van der Waals surface area contributed by atoms with Crippen molar-refractivity contribution in [3.05, 3.63) is 57.6 Å². The molecule has 0 aliphatic carbocycles. The maximum atomic E-state index is 10.1. The van der Waals surface area contributed by atoms with Crippen LogP contribution in [0, 0.1) is 13.8 Å². The van der Waals surface area contributed by atoms with Crippen molar-refractivity contribution in [3.8, 4) is 11.5 Å². The number of hydrogen-bond acceptors (Lipinski definition) is 2. The van der Waals surface area contributed by atoms with Crippen LogP contribution in [0.4, 0.5) is 0 Å². The van der Waals surface area contributed by atoms with Crippen LogP contribution in [-0.4, -0.2) is 5.11 Å². The molecule has 0 aliphatic rings. The quantitative estimate of drug-likeness (QED) is 0.821. The van der Waals surface area contributed by atoms with Crippen LogP contribution in [0.3, 0.4) is 0 Å². The summed E-state index contributed by atoms with van der Waals surface area (Å²) in [4.78, 5) is 0. The molecule has 1 atom stereocenters. The molecule has 1 N–H and O–H groups in total. The number of para-hydroxylation sites is 1. The van der Waals surface area contributed by atoms with Crippen molar-refractivity contribution in [2.24, 2.45) is 0 Å². The number of aryl methyl sites for hydroxylation is 2. The molecule has 2 nitrogen and oxygen atoms in total. The first-order valence-electron chi connectivity index (χ1n) is 6.74. The number of aliphatic hydroxyl groups excluding tert-OH is 1. The lowest BCUT2D eigenvalue weighted by Crippen LogP contribution is -1.99. The van der Waals surface area contributed by atoms with Crippen molar-refractivity contribution in [1.82, 2.24) is 0 Å². The Morgan fingerprint density at radius 1 is 1.15 bits per heavy atom. The first-order chi connectivity index (χ1) is 9.52. The first-order valence-corrected chi connectivity index (χ1v) is 7.53. The summed E-state index contributed by atoms with van der Waals surface area (Å²) in [5.41, 5.74) is 3.09. The second-order valence-electron chi connectivity index (χ2n) is 4.93. The minimum absolute atomic E-state index is 0.496. The topological polar surface area (TPSA) is 29.5 Å². The van der Waals surface area contributed by atoms with E-state index in [4.69, 9.17) is 4.74 Å². The highest BCUT2D eigenvalue weighted by Gasteiger charge is 2.12. The van der Waals surface area contributed by atoms with E-state index in [1.807, 2.05) is 57.2 Å². The summed E-state index contributed by atoms with van der Waals surface area (Å²) < 4.78 is 7.07. The zero-order valence-corrected chi connectivity index (χ0v) is 13.6. The van der Waals surface area contributed by atoms with E-state index in [0.717, 1.165) is 26.9 Å². The van der Waals surface area contributed by atoms with E-state index in [1.165, 1.54) is 0 Å². The Labute approximate surface area is 128 Å². The third-order valence-electron chi connectivity index (χ3n) is 3.30. The van der Waals surface area contributed by atoms with Crippen LogP contribution < -0.4 is 4.74 Å². The van der Waals surface area contributed by atoms with E-state index in [0.29, 0.717) is 12.2 Å². The molecule has 0 saturated heterocycles. The van der Waals surface area contributed by atoms with Gasteiger partial charge in [0.2, 0.25) is 0 Å². The van der Waals surface area contributed by atoms with Gasteiger partial charge in [-0.2, -0.15) is 0 Å². The third kappa shape index (κ3) is 3.22. The minimum Gasteiger partial charge on any atom is -0.457 e. The van der Waals surface area contributed by atoms with Crippen LogP contribution in [0.2, 0.25) is 0 Å². The molecule has 20 heavy (non-hydrogen) atoms. The zero-order valence-electron chi connectivity index (χ0n) is 12.0. The van der Waals surface area contributed by atoms with E-state index in [1.54, 1.807) is 0 Å². The molecular weight excluding hydrogens is 316 g/mol. The molecular formula is C17H19BrO2. The lowest BCUT2D eigenvalue weighted by molar-refractivity contribution is 0.170. The van der Waals surface area contributed by atoms with Gasteiger partial charge in [0.15, 0.2) is 0 Å². The van der Waals surface area contributed by atoms with Crippen molar-refractivity contribution in [2.75, 3.05) is 0 Å². The lowest BCUT2D eigenvalue weighted by Gasteiger charge is -2.15. The Morgan fingerprint density at radius 2 is 1.75 bits per heavy atom. The maximum absolute atomic E-state index is 10.1. The Kier molecular flexibility index (Phi) is 4.84. The highest BCUT2D eigenvalue weighted by molar-refractivity contribution is 9.10. The molecule has 0 spiro atoms.